The first-order valence-electron chi connectivity index (χ1n) is 6.73. The fraction of sp³-hybridized carbons (Fsp3) is 1.00. The van der Waals surface area contributed by atoms with E-state index in [0.29, 0.717) is 5.92 Å². The maximum absolute atomic E-state index is 5.76. The Labute approximate surface area is 108 Å². The Balaban J connectivity index is 5.56. The second-order valence-electron chi connectivity index (χ2n) is 4.55. The molecule has 0 aliphatic carbocycles. The van der Waals surface area contributed by atoms with Crippen molar-refractivity contribution in [3.63, 3.8) is 0 Å². The normalized spacial score (nSPS) is 13.4. The third-order valence-electron chi connectivity index (χ3n) is 4.44. The molecule has 0 aliphatic rings. The molecule has 0 fully saturated rings. The quantitative estimate of drug-likeness (QED) is 0.591. The Bertz CT molecular complexity index is 189. The van der Waals surface area contributed by atoms with E-state index >= 15 is 0 Å². The fourth-order valence-corrected chi connectivity index (χ4v) is 6.93. The lowest BCUT2D eigenvalue weighted by Crippen LogP contribution is -2.57. The lowest BCUT2D eigenvalue weighted by molar-refractivity contribution is 0.0637. The third-order valence-corrected chi connectivity index (χ3v) is 8.39. The van der Waals surface area contributed by atoms with Crippen molar-refractivity contribution in [1.29, 1.82) is 0 Å². The summed E-state index contributed by atoms with van der Waals surface area (Å²) in [5.74, 6) is 0.587. The number of hydrogen-bond acceptors (Lipinski definition) is 3. The van der Waals surface area contributed by atoms with Gasteiger partial charge in [0, 0.05) is 26.4 Å². The van der Waals surface area contributed by atoms with E-state index in [9.17, 15) is 0 Å². The zero-order chi connectivity index (χ0) is 13.5. The summed E-state index contributed by atoms with van der Waals surface area (Å²) in [5, 5.41) is 0.0365. The van der Waals surface area contributed by atoms with E-state index in [1.54, 1.807) is 21.3 Å². The molecule has 3 nitrogen and oxygen atoms in total. The van der Waals surface area contributed by atoms with Gasteiger partial charge in [0.1, 0.15) is 0 Å². The van der Waals surface area contributed by atoms with Crippen LogP contribution in [0.15, 0.2) is 0 Å². The molecule has 0 aromatic heterocycles. The number of rotatable bonds is 9. The van der Waals surface area contributed by atoms with Crippen LogP contribution in [0.25, 0.3) is 0 Å². The van der Waals surface area contributed by atoms with Crippen LogP contribution in [0, 0.1) is 5.92 Å². The third kappa shape index (κ3) is 2.75. The molecule has 0 atom stereocenters. The fourth-order valence-electron chi connectivity index (χ4n) is 3.44. The summed E-state index contributed by atoms with van der Waals surface area (Å²) in [6, 6.07) is 0. The summed E-state index contributed by atoms with van der Waals surface area (Å²) in [7, 11) is 2.57. The minimum atomic E-state index is -2.60. The van der Waals surface area contributed by atoms with Crippen LogP contribution < -0.4 is 0 Å². The van der Waals surface area contributed by atoms with Gasteiger partial charge in [-0.25, -0.2) is 0 Å². The molecule has 0 heterocycles. The minimum absolute atomic E-state index is 0.0365. The van der Waals surface area contributed by atoms with Crippen molar-refractivity contribution in [2.75, 3.05) is 21.3 Å². The largest absolute Gasteiger partial charge is 0.506 e. The average Bonchev–Trinajstić information content (AvgIpc) is 2.40. The van der Waals surface area contributed by atoms with Gasteiger partial charge in [0.25, 0.3) is 0 Å². The molecule has 0 aromatic carbocycles. The smallest absolute Gasteiger partial charge is 0.376 e. The summed E-state index contributed by atoms with van der Waals surface area (Å²) in [5.41, 5.74) is 0. The van der Waals surface area contributed by atoms with Gasteiger partial charge in [-0.1, -0.05) is 40.5 Å². The lowest BCUT2D eigenvalue weighted by atomic mass is 9.83. The molecule has 0 saturated heterocycles. The summed E-state index contributed by atoms with van der Waals surface area (Å²) in [4.78, 5) is 0. The second-order valence-corrected chi connectivity index (χ2v) is 7.88. The van der Waals surface area contributed by atoms with Crippen LogP contribution >= 0.6 is 0 Å². The van der Waals surface area contributed by atoms with Crippen molar-refractivity contribution in [2.45, 2.75) is 58.4 Å². The summed E-state index contributed by atoms with van der Waals surface area (Å²) in [6.07, 6.45) is 4.36. The topological polar surface area (TPSA) is 27.7 Å². The van der Waals surface area contributed by atoms with Gasteiger partial charge in [0.2, 0.25) is 0 Å². The second kappa shape index (κ2) is 7.51. The van der Waals surface area contributed by atoms with Crippen molar-refractivity contribution in [3.8, 4) is 0 Å². The summed E-state index contributed by atoms with van der Waals surface area (Å²) < 4.78 is 17.3. The van der Waals surface area contributed by atoms with Gasteiger partial charge < -0.3 is 13.3 Å². The van der Waals surface area contributed by atoms with Crippen LogP contribution in [0.1, 0.15) is 53.4 Å². The predicted molar refractivity (Wildman–Crippen MR) is 74.1 cm³/mol. The molecule has 0 saturated carbocycles. The van der Waals surface area contributed by atoms with Crippen LogP contribution in [0.2, 0.25) is 5.04 Å². The molecule has 17 heavy (non-hydrogen) atoms. The zero-order valence-electron chi connectivity index (χ0n) is 12.6. The van der Waals surface area contributed by atoms with Crippen molar-refractivity contribution >= 4 is 8.80 Å². The minimum Gasteiger partial charge on any atom is -0.376 e. The van der Waals surface area contributed by atoms with Crippen molar-refractivity contribution in [1.82, 2.24) is 0 Å². The molecule has 0 aliphatic heterocycles. The van der Waals surface area contributed by atoms with Crippen LogP contribution in [-0.2, 0) is 13.3 Å². The molecule has 0 rings (SSSR count). The average molecular weight is 262 g/mol. The van der Waals surface area contributed by atoms with E-state index in [0.717, 1.165) is 25.7 Å². The van der Waals surface area contributed by atoms with E-state index in [4.69, 9.17) is 13.3 Å². The molecule has 0 spiro atoms. The summed E-state index contributed by atoms with van der Waals surface area (Å²) in [6.45, 7) is 8.93. The Morgan fingerprint density at radius 3 is 1.35 bits per heavy atom. The molecular formula is C13H30O3Si. The molecule has 0 N–H and O–H groups in total. The van der Waals surface area contributed by atoms with Crippen LogP contribution in [0.5, 0.6) is 0 Å². The molecule has 104 valence electrons. The standard InChI is InChI=1S/C13H30O3Si/c1-8-12(9-2)13(10-3,11-4)17(14-5,15-6)16-7/h12H,8-11H2,1-7H3. The van der Waals surface area contributed by atoms with Gasteiger partial charge in [0.05, 0.1) is 0 Å². The molecule has 0 bridgehead atoms. The maximum atomic E-state index is 5.76. The van der Waals surface area contributed by atoms with Gasteiger partial charge in [-0.2, -0.15) is 0 Å². The number of hydrogen-bond donors (Lipinski definition) is 0. The molecule has 4 heteroatoms. The Hall–Kier alpha value is 0.0969. The first kappa shape index (κ1) is 17.1. The van der Waals surface area contributed by atoms with Crippen LogP contribution in [-0.4, -0.2) is 30.1 Å². The SMILES string of the molecule is CCC(CC)C(CC)(CC)[Si](OC)(OC)OC. The van der Waals surface area contributed by atoms with Gasteiger partial charge in [-0.05, 0) is 18.8 Å². The molecule has 0 amide bonds. The highest BCUT2D eigenvalue weighted by Crippen LogP contribution is 2.54. The van der Waals surface area contributed by atoms with Gasteiger partial charge >= 0.3 is 8.80 Å². The summed E-state index contributed by atoms with van der Waals surface area (Å²) >= 11 is 0. The Kier molecular flexibility index (Phi) is 7.56. The van der Waals surface area contributed by atoms with Gasteiger partial charge in [-0.3, -0.25) is 0 Å². The van der Waals surface area contributed by atoms with E-state index < -0.39 is 8.80 Å². The first-order chi connectivity index (χ1) is 8.07. The Morgan fingerprint density at radius 2 is 1.18 bits per heavy atom. The zero-order valence-corrected chi connectivity index (χ0v) is 13.6. The highest BCUT2D eigenvalue weighted by molar-refractivity contribution is 6.64. The highest BCUT2D eigenvalue weighted by atomic mass is 28.4. The highest BCUT2D eigenvalue weighted by Gasteiger charge is 2.60. The Morgan fingerprint density at radius 1 is 0.824 bits per heavy atom. The molecule has 0 aromatic rings. The molecule has 0 unspecified atom stereocenters. The first-order valence-corrected chi connectivity index (χ1v) is 8.45. The lowest BCUT2D eigenvalue weighted by Gasteiger charge is -2.47. The van der Waals surface area contributed by atoms with E-state index in [1.165, 1.54) is 0 Å². The van der Waals surface area contributed by atoms with Gasteiger partial charge in [-0.15, -0.1) is 0 Å². The van der Waals surface area contributed by atoms with E-state index in [1.807, 2.05) is 0 Å². The molecule has 0 radical (unpaired) electrons. The van der Waals surface area contributed by atoms with Gasteiger partial charge in [0.15, 0.2) is 0 Å². The predicted octanol–water partition coefficient (Wildman–Crippen LogP) is 3.86. The van der Waals surface area contributed by atoms with Crippen molar-refractivity contribution < 1.29 is 13.3 Å². The monoisotopic (exact) mass is 262 g/mol. The van der Waals surface area contributed by atoms with E-state index in [2.05, 4.69) is 27.7 Å². The maximum Gasteiger partial charge on any atom is 0.506 e. The van der Waals surface area contributed by atoms with Crippen LogP contribution in [0.4, 0.5) is 0 Å². The van der Waals surface area contributed by atoms with E-state index in [-0.39, 0.29) is 5.04 Å². The van der Waals surface area contributed by atoms with Crippen molar-refractivity contribution in [3.05, 3.63) is 0 Å². The molecular weight excluding hydrogens is 232 g/mol. The van der Waals surface area contributed by atoms with Crippen molar-refractivity contribution in [2.24, 2.45) is 5.92 Å². The van der Waals surface area contributed by atoms with Crippen LogP contribution in [0.3, 0.4) is 0 Å².